The third-order valence-corrected chi connectivity index (χ3v) is 2.68. The second-order valence-corrected chi connectivity index (χ2v) is 4.31. The number of hydrogen-bond acceptors (Lipinski definition) is 4. The zero-order valence-electron chi connectivity index (χ0n) is 11.4. The molecule has 0 aliphatic heterocycles. The second kappa shape index (κ2) is 6.65. The molecule has 2 amide bonds. The first-order valence-corrected chi connectivity index (χ1v) is 6.32. The number of nitrogens with zero attached hydrogens (tertiary/aromatic N) is 1. The van der Waals surface area contributed by atoms with E-state index in [0.717, 1.165) is 0 Å². The number of carbonyl (C=O) groups is 2. The zero-order valence-corrected chi connectivity index (χ0v) is 11.4. The van der Waals surface area contributed by atoms with Crippen molar-refractivity contribution in [3.05, 3.63) is 53.2 Å². The fraction of sp³-hybridized carbons (Fsp3) is 0.214. The van der Waals surface area contributed by atoms with Crippen molar-refractivity contribution in [2.24, 2.45) is 0 Å². The molecule has 21 heavy (non-hydrogen) atoms. The molecule has 0 bridgehead atoms. The van der Waals surface area contributed by atoms with Crippen molar-refractivity contribution in [1.29, 1.82) is 0 Å². The van der Waals surface area contributed by atoms with Crippen LogP contribution < -0.4 is 10.6 Å². The van der Waals surface area contributed by atoms with Crippen LogP contribution in [-0.2, 0) is 0 Å². The monoisotopic (exact) mass is 291 g/mol. The highest BCUT2D eigenvalue weighted by Crippen LogP contribution is 2.05. The van der Waals surface area contributed by atoms with Crippen molar-refractivity contribution in [2.75, 3.05) is 13.1 Å². The lowest BCUT2D eigenvalue weighted by molar-refractivity contribution is 0.0920. The lowest BCUT2D eigenvalue weighted by Gasteiger charge is -2.06. The van der Waals surface area contributed by atoms with Crippen LogP contribution in [0.4, 0.5) is 4.39 Å². The first kappa shape index (κ1) is 14.7. The van der Waals surface area contributed by atoms with E-state index in [1.54, 1.807) is 13.0 Å². The Kier molecular flexibility index (Phi) is 4.65. The molecule has 2 rings (SSSR count). The molecule has 6 nitrogen and oxygen atoms in total. The zero-order chi connectivity index (χ0) is 15.2. The summed E-state index contributed by atoms with van der Waals surface area (Å²) in [5.74, 6) is -0.975. The van der Waals surface area contributed by atoms with E-state index in [9.17, 15) is 14.0 Å². The van der Waals surface area contributed by atoms with Crippen molar-refractivity contribution in [2.45, 2.75) is 6.92 Å². The molecule has 0 atom stereocenters. The van der Waals surface area contributed by atoms with E-state index in [2.05, 4.69) is 15.8 Å². The number of hydrogen-bond donors (Lipinski definition) is 2. The number of aromatic nitrogens is 1. The third kappa shape index (κ3) is 3.88. The van der Waals surface area contributed by atoms with Gasteiger partial charge >= 0.3 is 0 Å². The summed E-state index contributed by atoms with van der Waals surface area (Å²) in [6.45, 7) is 2.05. The Labute approximate surface area is 120 Å². The Morgan fingerprint density at radius 2 is 1.86 bits per heavy atom. The maximum Gasteiger partial charge on any atom is 0.273 e. The van der Waals surface area contributed by atoms with Gasteiger partial charge < -0.3 is 15.2 Å². The molecule has 1 aromatic heterocycles. The SMILES string of the molecule is Cc1cc(C(=O)NCCNC(=O)c2ccccc2F)no1. The minimum Gasteiger partial charge on any atom is -0.361 e. The van der Waals surface area contributed by atoms with Gasteiger partial charge in [-0.15, -0.1) is 0 Å². The van der Waals surface area contributed by atoms with Crippen molar-refractivity contribution in [3.63, 3.8) is 0 Å². The van der Waals surface area contributed by atoms with E-state index < -0.39 is 17.6 Å². The summed E-state index contributed by atoms with van der Waals surface area (Å²) in [5.41, 5.74) is 0.142. The average molecular weight is 291 g/mol. The molecule has 110 valence electrons. The number of halogens is 1. The summed E-state index contributed by atoms with van der Waals surface area (Å²) in [7, 11) is 0. The van der Waals surface area contributed by atoms with E-state index in [4.69, 9.17) is 4.52 Å². The summed E-state index contributed by atoms with van der Waals surface area (Å²) in [6, 6.07) is 7.19. The van der Waals surface area contributed by atoms with Crippen LogP contribution in [0.5, 0.6) is 0 Å². The van der Waals surface area contributed by atoms with Crippen LogP contribution in [0, 0.1) is 12.7 Å². The van der Waals surface area contributed by atoms with E-state index in [-0.39, 0.29) is 24.3 Å². The largest absolute Gasteiger partial charge is 0.361 e. The van der Waals surface area contributed by atoms with Gasteiger partial charge in [0.15, 0.2) is 5.69 Å². The van der Waals surface area contributed by atoms with Crippen LogP contribution in [0.3, 0.4) is 0 Å². The predicted octanol–water partition coefficient (Wildman–Crippen LogP) is 1.28. The molecule has 0 fully saturated rings. The van der Waals surface area contributed by atoms with E-state index >= 15 is 0 Å². The van der Waals surface area contributed by atoms with Gasteiger partial charge in [0, 0.05) is 19.2 Å². The maximum absolute atomic E-state index is 13.4. The minimum absolute atomic E-state index is 0.0315. The van der Waals surface area contributed by atoms with Crippen molar-refractivity contribution in [3.8, 4) is 0 Å². The van der Waals surface area contributed by atoms with Gasteiger partial charge in [0.05, 0.1) is 5.56 Å². The van der Waals surface area contributed by atoms with E-state index in [0.29, 0.717) is 5.76 Å². The molecular weight excluding hydrogens is 277 g/mol. The van der Waals surface area contributed by atoms with Crippen LogP contribution in [0.2, 0.25) is 0 Å². The molecule has 0 saturated heterocycles. The Balaban J connectivity index is 1.76. The summed E-state index contributed by atoms with van der Waals surface area (Å²) in [6.07, 6.45) is 0. The van der Waals surface area contributed by atoms with Crippen LogP contribution in [0.15, 0.2) is 34.9 Å². The van der Waals surface area contributed by atoms with Crippen molar-refractivity contribution < 1.29 is 18.5 Å². The van der Waals surface area contributed by atoms with Gasteiger partial charge in [-0.25, -0.2) is 4.39 Å². The molecule has 0 aliphatic rings. The molecule has 0 saturated carbocycles. The fourth-order valence-corrected chi connectivity index (χ4v) is 1.66. The highest BCUT2D eigenvalue weighted by Gasteiger charge is 2.12. The van der Waals surface area contributed by atoms with Gasteiger partial charge in [0.1, 0.15) is 11.6 Å². The Morgan fingerprint density at radius 3 is 2.48 bits per heavy atom. The van der Waals surface area contributed by atoms with Crippen LogP contribution in [0.25, 0.3) is 0 Å². The average Bonchev–Trinajstić information content (AvgIpc) is 2.90. The summed E-state index contributed by atoms with van der Waals surface area (Å²) < 4.78 is 18.1. The molecule has 2 N–H and O–H groups in total. The summed E-state index contributed by atoms with van der Waals surface area (Å²) >= 11 is 0. The van der Waals surface area contributed by atoms with Crippen LogP contribution >= 0.6 is 0 Å². The standard InChI is InChI=1S/C14H14FN3O3/c1-9-8-12(18-21-9)14(20)17-7-6-16-13(19)10-4-2-3-5-11(10)15/h2-5,8H,6-7H2,1H3,(H,16,19)(H,17,20). The lowest BCUT2D eigenvalue weighted by atomic mass is 10.2. The quantitative estimate of drug-likeness (QED) is 0.813. The normalized spacial score (nSPS) is 10.2. The Hall–Kier alpha value is -2.70. The molecule has 1 aromatic carbocycles. The minimum atomic E-state index is -0.586. The first-order valence-electron chi connectivity index (χ1n) is 6.32. The summed E-state index contributed by atoms with van der Waals surface area (Å²) in [4.78, 5) is 23.3. The van der Waals surface area contributed by atoms with Gasteiger partial charge in [-0.1, -0.05) is 17.3 Å². The van der Waals surface area contributed by atoms with Gasteiger partial charge in [0.2, 0.25) is 0 Å². The third-order valence-electron chi connectivity index (χ3n) is 2.68. The maximum atomic E-state index is 13.4. The summed E-state index contributed by atoms with van der Waals surface area (Å²) in [5, 5.41) is 8.64. The first-order chi connectivity index (χ1) is 10.1. The van der Waals surface area contributed by atoms with Crippen molar-refractivity contribution in [1.82, 2.24) is 15.8 Å². The molecule has 0 unspecified atom stereocenters. The van der Waals surface area contributed by atoms with Gasteiger partial charge in [-0.3, -0.25) is 9.59 Å². The van der Waals surface area contributed by atoms with Gasteiger partial charge in [-0.05, 0) is 19.1 Å². The van der Waals surface area contributed by atoms with Gasteiger partial charge in [-0.2, -0.15) is 0 Å². The molecule has 0 radical (unpaired) electrons. The van der Waals surface area contributed by atoms with Gasteiger partial charge in [0.25, 0.3) is 11.8 Å². The smallest absolute Gasteiger partial charge is 0.273 e. The fourth-order valence-electron chi connectivity index (χ4n) is 1.66. The number of rotatable bonds is 5. The Morgan fingerprint density at radius 1 is 1.19 bits per heavy atom. The topological polar surface area (TPSA) is 84.2 Å². The number of nitrogens with one attached hydrogen (secondary N) is 2. The number of carbonyl (C=O) groups excluding carboxylic acids is 2. The highest BCUT2D eigenvalue weighted by atomic mass is 19.1. The van der Waals surface area contributed by atoms with Crippen molar-refractivity contribution >= 4 is 11.8 Å². The Bertz CT molecular complexity index is 654. The number of amides is 2. The molecule has 2 aromatic rings. The highest BCUT2D eigenvalue weighted by molar-refractivity contribution is 5.94. The number of benzene rings is 1. The molecular formula is C14H14FN3O3. The lowest BCUT2D eigenvalue weighted by Crippen LogP contribution is -2.35. The molecule has 1 heterocycles. The van der Waals surface area contributed by atoms with Crippen LogP contribution in [0.1, 0.15) is 26.6 Å². The van der Waals surface area contributed by atoms with E-state index in [1.165, 1.54) is 24.3 Å². The second-order valence-electron chi connectivity index (χ2n) is 4.31. The van der Waals surface area contributed by atoms with Crippen LogP contribution in [-0.4, -0.2) is 30.1 Å². The van der Waals surface area contributed by atoms with E-state index in [1.807, 2.05) is 0 Å². The molecule has 7 heteroatoms. The number of aryl methyl sites for hydroxylation is 1. The molecule has 0 spiro atoms. The predicted molar refractivity (Wildman–Crippen MR) is 72.3 cm³/mol. The molecule has 0 aliphatic carbocycles.